The van der Waals surface area contributed by atoms with Gasteiger partial charge in [0.15, 0.2) is 0 Å². The number of fused-ring (bicyclic) bond motifs is 1. The summed E-state index contributed by atoms with van der Waals surface area (Å²) >= 11 is 0. The molecule has 4 nitrogen and oxygen atoms in total. The van der Waals surface area contributed by atoms with Gasteiger partial charge in [0.1, 0.15) is 11.6 Å². The van der Waals surface area contributed by atoms with Gasteiger partial charge in [0.25, 0.3) is 0 Å². The maximum Gasteiger partial charge on any atom is 0.134 e. The van der Waals surface area contributed by atoms with Crippen LogP contribution in [0.2, 0.25) is 0 Å². The molecule has 2 N–H and O–H groups in total. The lowest BCUT2D eigenvalue weighted by molar-refractivity contribution is 0.109. The van der Waals surface area contributed by atoms with Crippen molar-refractivity contribution in [2.75, 3.05) is 12.3 Å². The Bertz CT molecular complexity index is 399. The molecule has 0 unspecified atom stereocenters. The van der Waals surface area contributed by atoms with Crippen LogP contribution in [0.25, 0.3) is 0 Å². The molecular formula is C12H17N3O. The molecule has 4 heteroatoms. The highest BCUT2D eigenvalue weighted by atomic mass is 16.5. The fourth-order valence-corrected chi connectivity index (χ4v) is 2.64. The van der Waals surface area contributed by atoms with Crippen LogP contribution in [0.15, 0.2) is 0 Å². The summed E-state index contributed by atoms with van der Waals surface area (Å²) in [7, 11) is 0. The van der Waals surface area contributed by atoms with E-state index in [0.29, 0.717) is 18.3 Å². The molecule has 1 saturated carbocycles. The zero-order chi connectivity index (χ0) is 11.0. The summed E-state index contributed by atoms with van der Waals surface area (Å²) in [5, 5.41) is 0. The van der Waals surface area contributed by atoms with Crippen molar-refractivity contribution in [3.05, 3.63) is 17.1 Å². The van der Waals surface area contributed by atoms with Crippen LogP contribution < -0.4 is 5.73 Å². The van der Waals surface area contributed by atoms with Gasteiger partial charge in [0.2, 0.25) is 0 Å². The lowest BCUT2D eigenvalue weighted by Crippen LogP contribution is -2.18. The summed E-state index contributed by atoms with van der Waals surface area (Å²) in [6, 6.07) is 0. The van der Waals surface area contributed by atoms with Gasteiger partial charge in [-0.15, -0.1) is 0 Å². The molecular weight excluding hydrogens is 202 g/mol. The van der Waals surface area contributed by atoms with Crippen LogP contribution in [-0.4, -0.2) is 16.6 Å². The first-order valence-electron chi connectivity index (χ1n) is 6.07. The summed E-state index contributed by atoms with van der Waals surface area (Å²) < 4.78 is 5.38. The third-order valence-corrected chi connectivity index (χ3v) is 3.59. The maximum atomic E-state index is 5.98. The van der Waals surface area contributed by atoms with Crippen LogP contribution in [-0.2, 0) is 17.8 Å². The molecule has 0 spiro atoms. The second kappa shape index (κ2) is 4.01. The van der Waals surface area contributed by atoms with E-state index in [1.54, 1.807) is 0 Å². The van der Waals surface area contributed by atoms with E-state index in [2.05, 4.69) is 9.97 Å². The zero-order valence-corrected chi connectivity index (χ0v) is 9.41. The summed E-state index contributed by atoms with van der Waals surface area (Å²) in [5.74, 6) is 2.14. The van der Waals surface area contributed by atoms with Crippen LogP contribution in [0.1, 0.15) is 48.7 Å². The smallest absolute Gasteiger partial charge is 0.134 e. The average Bonchev–Trinajstić information content (AvgIpc) is 2.82. The molecule has 0 saturated heterocycles. The average molecular weight is 219 g/mol. The van der Waals surface area contributed by atoms with Crippen molar-refractivity contribution in [1.29, 1.82) is 0 Å². The van der Waals surface area contributed by atoms with Crippen molar-refractivity contribution in [1.82, 2.24) is 9.97 Å². The summed E-state index contributed by atoms with van der Waals surface area (Å²) in [5.41, 5.74) is 8.10. The SMILES string of the molecule is Nc1nc(C2CCCC2)nc2c1COCC2. The van der Waals surface area contributed by atoms with Crippen molar-refractivity contribution in [3.63, 3.8) is 0 Å². The molecule has 0 aromatic carbocycles. The van der Waals surface area contributed by atoms with Gasteiger partial charge >= 0.3 is 0 Å². The molecule has 1 aromatic rings. The first kappa shape index (κ1) is 10.0. The monoisotopic (exact) mass is 219 g/mol. The quantitative estimate of drug-likeness (QED) is 0.782. The highest BCUT2D eigenvalue weighted by Crippen LogP contribution is 2.33. The van der Waals surface area contributed by atoms with Crippen molar-refractivity contribution in [3.8, 4) is 0 Å². The van der Waals surface area contributed by atoms with Gasteiger partial charge in [-0.3, -0.25) is 0 Å². The van der Waals surface area contributed by atoms with E-state index in [9.17, 15) is 0 Å². The van der Waals surface area contributed by atoms with Gasteiger partial charge in [-0.2, -0.15) is 0 Å². The molecule has 0 amide bonds. The fourth-order valence-electron chi connectivity index (χ4n) is 2.64. The number of aromatic nitrogens is 2. The van der Waals surface area contributed by atoms with Crippen LogP contribution >= 0.6 is 0 Å². The number of ether oxygens (including phenoxy) is 1. The van der Waals surface area contributed by atoms with Crippen LogP contribution in [0.4, 0.5) is 5.82 Å². The normalized spacial score (nSPS) is 21.0. The molecule has 1 fully saturated rings. The van der Waals surface area contributed by atoms with Crippen LogP contribution in [0.5, 0.6) is 0 Å². The molecule has 0 atom stereocenters. The second-order valence-corrected chi connectivity index (χ2v) is 4.68. The third kappa shape index (κ3) is 1.67. The summed E-state index contributed by atoms with van der Waals surface area (Å²) in [4.78, 5) is 9.14. The number of rotatable bonds is 1. The summed E-state index contributed by atoms with van der Waals surface area (Å²) in [6.45, 7) is 1.33. The first-order valence-corrected chi connectivity index (χ1v) is 6.07. The molecule has 3 rings (SSSR count). The molecule has 86 valence electrons. The first-order chi connectivity index (χ1) is 7.84. The largest absolute Gasteiger partial charge is 0.383 e. The molecule has 0 radical (unpaired) electrons. The van der Waals surface area contributed by atoms with E-state index in [1.165, 1.54) is 25.7 Å². The molecule has 0 bridgehead atoms. The van der Waals surface area contributed by atoms with Gasteiger partial charge < -0.3 is 10.5 Å². The minimum atomic E-state index is 0.537. The molecule has 1 aliphatic heterocycles. The number of anilines is 1. The van der Waals surface area contributed by atoms with Gasteiger partial charge in [0.05, 0.1) is 18.9 Å². The van der Waals surface area contributed by atoms with E-state index in [4.69, 9.17) is 10.5 Å². The minimum Gasteiger partial charge on any atom is -0.383 e. The molecule has 16 heavy (non-hydrogen) atoms. The highest BCUT2D eigenvalue weighted by molar-refractivity contribution is 5.43. The Morgan fingerprint density at radius 3 is 2.81 bits per heavy atom. The predicted octanol–water partition coefficient (Wildman–Crippen LogP) is 1.79. The Labute approximate surface area is 95.2 Å². The van der Waals surface area contributed by atoms with Gasteiger partial charge in [-0.05, 0) is 12.8 Å². The van der Waals surface area contributed by atoms with Crippen molar-refractivity contribution < 1.29 is 4.74 Å². The van der Waals surface area contributed by atoms with Crippen LogP contribution in [0.3, 0.4) is 0 Å². The third-order valence-electron chi connectivity index (χ3n) is 3.59. The second-order valence-electron chi connectivity index (χ2n) is 4.68. The minimum absolute atomic E-state index is 0.537. The molecule has 2 heterocycles. The van der Waals surface area contributed by atoms with E-state index < -0.39 is 0 Å². The molecule has 1 aliphatic carbocycles. The summed E-state index contributed by atoms with van der Waals surface area (Å²) in [6.07, 6.45) is 5.91. The number of nitrogens with zero attached hydrogens (tertiary/aromatic N) is 2. The van der Waals surface area contributed by atoms with Crippen molar-refractivity contribution in [2.45, 2.75) is 44.6 Å². The van der Waals surface area contributed by atoms with Gasteiger partial charge in [0, 0.05) is 17.9 Å². The maximum absolute atomic E-state index is 5.98. The Hall–Kier alpha value is -1.16. The fraction of sp³-hybridized carbons (Fsp3) is 0.667. The predicted molar refractivity (Wildman–Crippen MR) is 61.0 cm³/mol. The standard InChI is InChI=1S/C12H17N3O/c13-11-9-7-16-6-5-10(9)14-12(15-11)8-3-1-2-4-8/h8H,1-7H2,(H2,13,14,15). The number of nitrogens with two attached hydrogens (primary N) is 1. The number of hydrogen-bond donors (Lipinski definition) is 1. The van der Waals surface area contributed by atoms with Crippen molar-refractivity contribution in [2.24, 2.45) is 0 Å². The van der Waals surface area contributed by atoms with E-state index in [0.717, 1.165) is 30.1 Å². The van der Waals surface area contributed by atoms with E-state index in [1.807, 2.05) is 0 Å². The topological polar surface area (TPSA) is 61.0 Å². The lowest BCUT2D eigenvalue weighted by Gasteiger charge is -2.19. The Morgan fingerprint density at radius 1 is 1.19 bits per heavy atom. The van der Waals surface area contributed by atoms with Crippen molar-refractivity contribution >= 4 is 5.82 Å². The lowest BCUT2D eigenvalue weighted by atomic mass is 10.1. The van der Waals surface area contributed by atoms with Crippen LogP contribution in [0, 0.1) is 0 Å². The van der Waals surface area contributed by atoms with Gasteiger partial charge in [-0.25, -0.2) is 9.97 Å². The molecule has 1 aromatic heterocycles. The highest BCUT2D eigenvalue weighted by Gasteiger charge is 2.23. The van der Waals surface area contributed by atoms with E-state index in [-0.39, 0.29) is 0 Å². The Morgan fingerprint density at radius 2 is 2.00 bits per heavy atom. The Balaban J connectivity index is 1.97. The number of nitrogen functional groups attached to an aromatic ring is 1. The zero-order valence-electron chi connectivity index (χ0n) is 9.41. The van der Waals surface area contributed by atoms with E-state index >= 15 is 0 Å². The molecule has 2 aliphatic rings. The number of hydrogen-bond acceptors (Lipinski definition) is 4. The van der Waals surface area contributed by atoms with Gasteiger partial charge in [-0.1, -0.05) is 12.8 Å². The Kier molecular flexibility index (Phi) is 2.52.